The third-order valence-corrected chi connectivity index (χ3v) is 2.97. The number of ether oxygens (including phenoxy) is 2. The summed E-state index contributed by atoms with van der Waals surface area (Å²) in [4.78, 5) is 27.0. The third-order valence-electron chi connectivity index (χ3n) is 2.97. The molecule has 24 heavy (non-hydrogen) atoms. The number of alkyl halides is 3. The maximum atomic E-state index is 12.4. The van der Waals surface area contributed by atoms with Crippen molar-refractivity contribution in [3.8, 4) is 17.1 Å². The number of amides is 2. The number of carbonyl (C=O) groups is 2. The van der Waals surface area contributed by atoms with Crippen molar-refractivity contribution in [1.82, 2.24) is 15.0 Å². The van der Waals surface area contributed by atoms with Gasteiger partial charge in [0.15, 0.2) is 0 Å². The highest BCUT2D eigenvalue weighted by atomic mass is 19.4. The van der Waals surface area contributed by atoms with E-state index in [-0.39, 0.29) is 30.3 Å². The molecule has 0 radical (unpaired) electrons. The van der Waals surface area contributed by atoms with E-state index in [2.05, 4.69) is 19.4 Å². The lowest BCUT2D eigenvalue weighted by molar-refractivity contribution is -0.159. The topological polar surface area (TPSA) is 94.8 Å². The van der Waals surface area contributed by atoms with Gasteiger partial charge in [0.25, 0.3) is 0 Å². The molecule has 2 amide bonds. The summed E-state index contributed by atoms with van der Waals surface area (Å²) in [6, 6.07) is 5.32. The molecule has 2 aromatic rings. The number of rotatable bonds is 2. The first kappa shape index (κ1) is 15.8. The lowest BCUT2D eigenvalue weighted by atomic mass is 10.2. The molecule has 0 aliphatic carbocycles. The molecule has 126 valence electrons. The molecule has 8 nitrogen and oxygen atoms in total. The van der Waals surface area contributed by atoms with Gasteiger partial charge in [0.1, 0.15) is 12.4 Å². The van der Waals surface area contributed by atoms with Gasteiger partial charge < -0.3 is 14.0 Å². The van der Waals surface area contributed by atoms with E-state index in [1.165, 1.54) is 24.3 Å². The first-order valence-corrected chi connectivity index (χ1v) is 6.52. The fraction of sp³-hybridized carbons (Fsp3) is 0.231. The van der Waals surface area contributed by atoms with E-state index in [0.29, 0.717) is 0 Å². The Kier molecular flexibility index (Phi) is 3.83. The molecule has 0 bridgehead atoms. The molecule has 0 unspecified atom stereocenters. The van der Waals surface area contributed by atoms with Crippen molar-refractivity contribution in [3.63, 3.8) is 0 Å². The second-order valence-corrected chi connectivity index (χ2v) is 4.58. The summed E-state index contributed by atoms with van der Waals surface area (Å²) in [5.41, 5.74) is 0.231. The van der Waals surface area contributed by atoms with Crippen molar-refractivity contribution >= 4 is 12.2 Å². The Morgan fingerprint density at radius 2 is 1.96 bits per heavy atom. The van der Waals surface area contributed by atoms with Gasteiger partial charge in [-0.25, -0.2) is 14.5 Å². The molecule has 1 saturated heterocycles. The van der Waals surface area contributed by atoms with E-state index in [1.807, 2.05) is 0 Å². The zero-order chi connectivity index (χ0) is 17.3. The number of aromatic nitrogens is 2. The highest BCUT2D eigenvalue weighted by molar-refractivity contribution is 5.89. The van der Waals surface area contributed by atoms with Crippen molar-refractivity contribution in [3.05, 3.63) is 30.2 Å². The normalized spacial score (nSPS) is 14.6. The Labute approximate surface area is 131 Å². The molecule has 11 heteroatoms. The second kappa shape index (κ2) is 5.83. The summed E-state index contributed by atoms with van der Waals surface area (Å²) < 4.78 is 50.9. The molecular weight excluding hydrogens is 335 g/mol. The van der Waals surface area contributed by atoms with Crippen molar-refractivity contribution in [2.45, 2.75) is 6.18 Å². The maximum absolute atomic E-state index is 12.4. The lowest BCUT2D eigenvalue weighted by Gasteiger charge is -2.10. The van der Waals surface area contributed by atoms with Gasteiger partial charge in [0, 0.05) is 5.56 Å². The Bertz CT molecular complexity index is 772. The van der Waals surface area contributed by atoms with Crippen LogP contribution in [0.4, 0.5) is 22.8 Å². The number of cyclic esters (lactones) is 1. The van der Waals surface area contributed by atoms with Gasteiger partial charge in [-0.3, -0.25) is 0 Å². The summed E-state index contributed by atoms with van der Waals surface area (Å²) in [6.07, 6.45) is -6.45. The van der Waals surface area contributed by atoms with Crippen molar-refractivity contribution in [2.75, 3.05) is 13.2 Å². The molecule has 1 aromatic carbocycles. The highest BCUT2D eigenvalue weighted by Gasteiger charge is 2.38. The van der Waals surface area contributed by atoms with Crippen molar-refractivity contribution < 1.29 is 36.8 Å². The molecule has 0 N–H and O–H groups in total. The van der Waals surface area contributed by atoms with Crippen molar-refractivity contribution in [1.29, 1.82) is 0 Å². The number of hydrogen-bond acceptors (Lipinski definition) is 7. The van der Waals surface area contributed by atoms with Gasteiger partial charge in [0.05, 0.1) is 6.54 Å². The largest absolute Gasteiger partial charge is 0.471 e. The minimum Gasteiger partial charge on any atom is -0.447 e. The minimum absolute atomic E-state index is 0.0822. The molecule has 1 fully saturated rings. The number of imide groups is 1. The Morgan fingerprint density at radius 3 is 2.50 bits per heavy atom. The van der Waals surface area contributed by atoms with Crippen LogP contribution in [-0.4, -0.2) is 40.4 Å². The zero-order valence-electron chi connectivity index (χ0n) is 11.7. The number of carbonyl (C=O) groups excluding carboxylic acids is 2. The van der Waals surface area contributed by atoms with Crippen LogP contribution in [0.2, 0.25) is 0 Å². The second-order valence-electron chi connectivity index (χ2n) is 4.58. The van der Waals surface area contributed by atoms with E-state index in [4.69, 9.17) is 4.74 Å². The van der Waals surface area contributed by atoms with Crippen LogP contribution in [0.5, 0.6) is 5.75 Å². The van der Waals surface area contributed by atoms with E-state index in [1.54, 1.807) is 0 Å². The quantitative estimate of drug-likeness (QED) is 0.827. The summed E-state index contributed by atoms with van der Waals surface area (Å²) in [7, 11) is 0. The smallest absolute Gasteiger partial charge is 0.447 e. The van der Waals surface area contributed by atoms with Crippen LogP contribution in [0.3, 0.4) is 0 Å². The van der Waals surface area contributed by atoms with Crippen LogP contribution in [0.1, 0.15) is 5.89 Å². The van der Waals surface area contributed by atoms with Crippen LogP contribution >= 0.6 is 0 Å². The van der Waals surface area contributed by atoms with E-state index in [9.17, 15) is 22.8 Å². The standard InChI is InChI=1S/C13H8F3N3O5/c14-13(15,16)10-17-9(18-24-10)7-1-3-8(4-2-7)23-12(21)19-5-6-22-11(19)20/h1-4H,5-6H2. The van der Waals surface area contributed by atoms with Gasteiger partial charge in [-0.1, -0.05) is 5.16 Å². The molecule has 2 heterocycles. The van der Waals surface area contributed by atoms with Gasteiger partial charge in [-0.05, 0) is 24.3 Å². The number of halogens is 3. The molecule has 0 atom stereocenters. The third kappa shape index (κ3) is 3.14. The average Bonchev–Trinajstić information content (AvgIpc) is 3.16. The van der Waals surface area contributed by atoms with Crippen LogP contribution in [0.15, 0.2) is 28.8 Å². The summed E-state index contributed by atoms with van der Waals surface area (Å²) in [6.45, 7) is 0.172. The summed E-state index contributed by atoms with van der Waals surface area (Å²) in [5, 5.41) is 3.23. The molecule has 0 saturated carbocycles. The summed E-state index contributed by atoms with van der Waals surface area (Å²) in [5.74, 6) is -1.63. The molecule has 3 rings (SSSR count). The molecular formula is C13H8F3N3O5. The van der Waals surface area contributed by atoms with Crippen LogP contribution < -0.4 is 4.74 Å². The fourth-order valence-corrected chi connectivity index (χ4v) is 1.84. The van der Waals surface area contributed by atoms with Crippen LogP contribution in [0.25, 0.3) is 11.4 Å². The minimum atomic E-state index is -4.73. The zero-order valence-corrected chi connectivity index (χ0v) is 11.7. The highest BCUT2D eigenvalue weighted by Crippen LogP contribution is 2.29. The predicted octanol–water partition coefficient (Wildman–Crippen LogP) is 2.71. The first-order valence-electron chi connectivity index (χ1n) is 6.52. The summed E-state index contributed by atoms with van der Waals surface area (Å²) >= 11 is 0. The van der Waals surface area contributed by atoms with Gasteiger partial charge in [-0.2, -0.15) is 18.2 Å². The van der Waals surface area contributed by atoms with Gasteiger partial charge in [-0.15, -0.1) is 0 Å². The first-order chi connectivity index (χ1) is 11.3. The van der Waals surface area contributed by atoms with E-state index in [0.717, 1.165) is 4.90 Å². The van der Waals surface area contributed by atoms with Gasteiger partial charge in [0.2, 0.25) is 5.82 Å². The Hall–Kier alpha value is -3.11. The molecule has 1 aliphatic heterocycles. The number of hydrogen-bond donors (Lipinski definition) is 0. The predicted molar refractivity (Wildman–Crippen MR) is 68.8 cm³/mol. The fourth-order valence-electron chi connectivity index (χ4n) is 1.84. The van der Waals surface area contributed by atoms with E-state index >= 15 is 0 Å². The van der Waals surface area contributed by atoms with E-state index < -0.39 is 24.3 Å². The Morgan fingerprint density at radius 1 is 1.25 bits per heavy atom. The maximum Gasteiger partial charge on any atom is 0.471 e. The molecule has 0 spiro atoms. The Balaban J connectivity index is 1.70. The van der Waals surface area contributed by atoms with Crippen molar-refractivity contribution in [2.24, 2.45) is 0 Å². The monoisotopic (exact) mass is 343 g/mol. The van der Waals surface area contributed by atoms with Crippen LogP contribution in [0, 0.1) is 0 Å². The van der Waals surface area contributed by atoms with Crippen LogP contribution in [-0.2, 0) is 10.9 Å². The number of benzene rings is 1. The average molecular weight is 343 g/mol. The number of nitrogens with zero attached hydrogens (tertiary/aromatic N) is 3. The van der Waals surface area contributed by atoms with Gasteiger partial charge >= 0.3 is 24.3 Å². The lowest BCUT2D eigenvalue weighted by Crippen LogP contribution is -2.34. The molecule has 1 aromatic heterocycles. The molecule has 1 aliphatic rings. The SMILES string of the molecule is O=C1OCCN1C(=O)Oc1ccc(-c2noc(C(F)(F)F)n2)cc1.